The average Bonchev–Trinajstić information content (AvgIpc) is 2.92. The highest BCUT2D eigenvalue weighted by atomic mass is 79.9. The number of phenols is 1. The number of methoxy groups -OCH3 is 1. The van der Waals surface area contributed by atoms with Crippen LogP contribution in [0.5, 0.6) is 11.5 Å². The van der Waals surface area contributed by atoms with E-state index in [9.17, 15) is 9.90 Å². The Balaban J connectivity index is 0.000000599. The zero-order valence-corrected chi connectivity index (χ0v) is 23.0. The summed E-state index contributed by atoms with van der Waals surface area (Å²) in [5.74, 6) is -2.58. The number of ether oxygens (including phenoxy) is 1. The van der Waals surface area contributed by atoms with Gasteiger partial charge in [-0.25, -0.2) is 9.59 Å². The van der Waals surface area contributed by atoms with Gasteiger partial charge in [-0.05, 0) is 65.1 Å². The molecular weight excluding hydrogens is 558 g/mol. The molecule has 0 radical (unpaired) electrons. The van der Waals surface area contributed by atoms with Gasteiger partial charge in [-0.15, -0.1) is 0 Å². The van der Waals surface area contributed by atoms with E-state index in [0.717, 1.165) is 70.8 Å². The number of hydrogen-bond acceptors (Lipinski definition) is 7. The number of carbonyl (C=O) groups excluding carboxylic acids is 1. The van der Waals surface area contributed by atoms with Crippen LogP contribution in [-0.4, -0.2) is 94.2 Å². The summed E-state index contributed by atoms with van der Waals surface area (Å²) in [6.07, 6.45) is 1.80. The number of likely N-dealkylation sites (tertiary alicyclic amines) is 1. The molecule has 206 valence electrons. The standard InChI is InChI=1S/C25H32BrN3O3.C2H2O4/c1-32-23-16-20(15-22(26)24(23)30)18-27-9-7-21(8-10-27)25(31)29-13-11-28(12-14-29)17-19-5-3-2-4-6-19;3-1(4)2(5)6/h2-6,15-16,21,30H,7-14,17-18H2,1H3;(H,3,4)(H,5,6). The summed E-state index contributed by atoms with van der Waals surface area (Å²) in [5.41, 5.74) is 2.42. The second kappa shape index (κ2) is 14.1. The van der Waals surface area contributed by atoms with Crippen LogP contribution in [0, 0.1) is 5.92 Å². The van der Waals surface area contributed by atoms with Crippen molar-refractivity contribution in [2.24, 2.45) is 5.92 Å². The zero-order chi connectivity index (χ0) is 27.7. The molecule has 2 aromatic carbocycles. The molecule has 1 amide bonds. The fourth-order valence-electron chi connectivity index (χ4n) is 4.70. The van der Waals surface area contributed by atoms with Crippen LogP contribution < -0.4 is 4.74 Å². The van der Waals surface area contributed by atoms with Crippen molar-refractivity contribution < 1.29 is 34.4 Å². The molecule has 2 aliphatic heterocycles. The van der Waals surface area contributed by atoms with E-state index >= 15 is 0 Å². The lowest BCUT2D eigenvalue weighted by atomic mass is 9.94. The number of aliphatic carboxylic acids is 2. The quantitative estimate of drug-likeness (QED) is 0.434. The third-order valence-corrected chi connectivity index (χ3v) is 7.37. The van der Waals surface area contributed by atoms with Crippen molar-refractivity contribution in [1.29, 1.82) is 0 Å². The molecular formula is C27H34BrN3O7. The molecule has 38 heavy (non-hydrogen) atoms. The predicted octanol–water partition coefficient (Wildman–Crippen LogP) is 2.88. The van der Waals surface area contributed by atoms with Gasteiger partial charge in [0.15, 0.2) is 11.5 Å². The number of halogens is 1. The van der Waals surface area contributed by atoms with Gasteiger partial charge in [0.05, 0.1) is 11.6 Å². The number of aromatic hydroxyl groups is 1. The monoisotopic (exact) mass is 591 g/mol. The second-order valence-corrected chi connectivity index (χ2v) is 10.2. The van der Waals surface area contributed by atoms with E-state index < -0.39 is 11.9 Å². The number of amides is 1. The molecule has 0 spiro atoms. The summed E-state index contributed by atoms with van der Waals surface area (Å²) < 4.78 is 5.90. The summed E-state index contributed by atoms with van der Waals surface area (Å²) in [5, 5.41) is 24.8. The molecule has 2 aromatic rings. The Kier molecular flexibility index (Phi) is 10.9. The zero-order valence-electron chi connectivity index (χ0n) is 21.4. The molecule has 2 fully saturated rings. The van der Waals surface area contributed by atoms with Crippen LogP contribution in [0.25, 0.3) is 0 Å². The minimum absolute atomic E-state index is 0.129. The van der Waals surface area contributed by atoms with Gasteiger partial charge < -0.3 is 25.0 Å². The van der Waals surface area contributed by atoms with E-state index in [2.05, 4.69) is 54.9 Å². The first-order valence-electron chi connectivity index (χ1n) is 12.5. The molecule has 0 unspecified atom stereocenters. The minimum atomic E-state index is -1.82. The molecule has 0 bridgehead atoms. The average molecular weight is 592 g/mol. The number of rotatable bonds is 6. The highest BCUT2D eigenvalue weighted by Gasteiger charge is 2.30. The molecule has 3 N–H and O–H groups in total. The number of carboxylic acid groups (broad SMARTS) is 2. The number of hydrogen-bond donors (Lipinski definition) is 3. The molecule has 0 atom stereocenters. The Morgan fingerprint density at radius 2 is 1.42 bits per heavy atom. The molecule has 11 heteroatoms. The maximum atomic E-state index is 13.1. The highest BCUT2D eigenvalue weighted by molar-refractivity contribution is 9.10. The second-order valence-electron chi connectivity index (χ2n) is 9.38. The van der Waals surface area contributed by atoms with Crippen LogP contribution in [0.1, 0.15) is 24.0 Å². The smallest absolute Gasteiger partial charge is 0.414 e. The number of piperazine rings is 1. The van der Waals surface area contributed by atoms with Crippen molar-refractivity contribution >= 4 is 33.8 Å². The molecule has 2 heterocycles. The van der Waals surface area contributed by atoms with Gasteiger partial charge in [-0.1, -0.05) is 30.3 Å². The van der Waals surface area contributed by atoms with Gasteiger partial charge in [0.25, 0.3) is 0 Å². The normalized spacial score (nSPS) is 16.8. The third-order valence-electron chi connectivity index (χ3n) is 6.77. The number of carboxylic acids is 2. The molecule has 10 nitrogen and oxygen atoms in total. The van der Waals surface area contributed by atoms with E-state index in [4.69, 9.17) is 24.5 Å². The molecule has 0 aromatic heterocycles. The van der Waals surface area contributed by atoms with Crippen LogP contribution in [-0.2, 0) is 27.5 Å². The van der Waals surface area contributed by atoms with Gasteiger partial charge in [0.2, 0.25) is 5.91 Å². The summed E-state index contributed by atoms with van der Waals surface area (Å²) in [4.78, 5) is 38.2. The lowest BCUT2D eigenvalue weighted by Crippen LogP contribution is -2.51. The Morgan fingerprint density at radius 1 is 0.868 bits per heavy atom. The SMILES string of the molecule is COc1cc(CN2CCC(C(=O)N3CCN(Cc4ccccc4)CC3)CC2)cc(Br)c1O.O=C(O)C(=O)O. The summed E-state index contributed by atoms with van der Waals surface area (Å²) >= 11 is 3.40. The fraction of sp³-hybridized carbons (Fsp3) is 0.444. The Bertz CT molecular complexity index is 1090. The summed E-state index contributed by atoms with van der Waals surface area (Å²) in [7, 11) is 1.56. The van der Waals surface area contributed by atoms with Crippen molar-refractivity contribution in [3.63, 3.8) is 0 Å². The minimum Gasteiger partial charge on any atom is -0.503 e. The van der Waals surface area contributed by atoms with Gasteiger partial charge in [-0.2, -0.15) is 0 Å². The topological polar surface area (TPSA) is 131 Å². The first-order valence-corrected chi connectivity index (χ1v) is 13.3. The lowest BCUT2D eigenvalue weighted by molar-refractivity contribution is -0.159. The first kappa shape index (κ1) is 29.4. The Labute approximate surface area is 230 Å². The molecule has 2 aliphatic rings. The number of carbonyl (C=O) groups is 3. The van der Waals surface area contributed by atoms with Gasteiger partial charge in [0.1, 0.15) is 0 Å². The van der Waals surface area contributed by atoms with Crippen molar-refractivity contribution in [3.05, 3.63) is 58.1 Å². The molecule has 0 saturated carbocycles. The lowest BCUT2D eigenvalue weighted by Gasteiger charge is -2.38. The van der Waals surface area contributed by atoms with Crippen molar-refractivity contribution in [2.45, 2.75) is 25.9 Å². The van der Waals surface area contributed by atoms with Crippen molar-refractivity contribution in [1.82, 2.24) is 14.7 Å². The molecule has 4 rings (SSSR count). The van der Waals surface area contributed by atoms with E-state index in [0.29, 0.717) is 16.1 Å². The number of piperidine rings is 1. The maximum Gasteiger partial charge on any atom is 0.414 e. The van der Waals surface area contributed by atoms with Crippen molar-refractivity contribution in [2.75, 3.05) is 46.4 Å². The number of benzene rings is 2. The van der Waals surface area contributed by atoms with Gasteiger partial charge >= 0.3 is 11.9 Å². The fourth-order valence-corrected chi connectivity index (χ4v) is 5.19. The Morgan fingerprint density at radius 3 is 1.97 bits per heavy atom. The first-order chi connectivity index (χ1) is 18.2. The third kappa shape index (κ3) is 8.44. The largest absolute Gasteiger partial charge is 0.503 e. The van der Waals surface area contributed by atoms with Gasteiger partial charge in [0, 0.05) is 45.2 Å². The van der Waals surface area contributed by atoms with Crippen LogP contribution in [0.15, 0.2) is 46.9 Å². The summed E-state index contributed by atoms with van der Waals surface area (Å²) in [6, 6.07) is 14.4. The predicted molar refractivity (Wildman–Crippen MR) is 144 cm³/mol. The van der Waals surface area contributed by atoms with Crippen LogP contribution >= 0.6 is 15.9 Å². The number of nitrogens with zero attached hydrogens (tertiary/aromatic N) is 3. The van der Waals surface area contributed by atoms with Crippen LogP contribution in [0.3, 0.4) is 0 Å². The van der Waals surface area contributed by atoms with Gasteiger partial charge in [-0.3, -0.25) is 14.6 Å². The summed E-state index contributed by atoms with van der Waals surface area (Å²) in [6.45, 7) is 7.10. The van der Waals surface area contributed by atoms with Crippen LogP contribution in [0.4, 0.5) is 0 Å². The van der Waals surface area contributed by atoms with E-state index in [1.165, 1.54) is 5.56 Å². The van der Waals surface area contributed by atoms with Crippen molar-refractivity contribution in [3.8, 4) is 11.5 Å². The van der Waals surface area contributed by atoms with E-state index in [1.807, 2.05) is 18.2 Å². The Hall–Kier alpha value is -3.15. The van der Waals surface area contributed by atoms with E-state index in [1.54, 1.807) is 7.11 Å². The maximum absolute atomic E-state index is 13.1. The highest BCUT2D eigenvalue weighted by Crippen LogP contribution is 2.35. The molecule has 2 saturated heterocycles. The number of phenolic OH excluding ortho intramolecular Hbond substituents is 1. The van der Waals surface area contributed by atoms with Crippen LogP contribution in [0.2, 0.25) is 0 Å². The van der Waals surface area contributed by atoms with E-state index in [-0.39, 0.29) is 11.7 Å². The molecule has 0 aliphatic carbocycles.